The molecule has 1 amide bonds. The van der Waals surface area contributed by atoms with E-state index in [9.17, 15) is 13.2 Å². The highest BCUT2D eigenvalue weighted by molar-refractivity contribution is 7.99. The molecule has 0 radical (unpaired) electrons. The lowest BCUT2D eigenvalue weighted by Gasteiger charge is -2.19. The maximum Gasteiger partial charge on any atom is 0.243 e. The van der Waals surface area contributed by atoms with Gasteiger partial charge in [-0.1, -0.05) is 44.2 Å². The molecule has 2 aromatic carbocycles. The number of hydrogen-bond donors (Lipinski definition) is 1. The zero-order valence-electron chi connectivity index (χ0n) is 16.3. The third-order valence-electron chi connectivity index (χ3n) is 4.13. The van der Waals surface area contributed by atoms with Gasteiger partial charge in [-0.3, -0.25) is 4.79 Å². The van der Waals surface area contributed by atoms with Gasteiger partial charge in [-0.05, 0) is 23.8 Å². The van der Waals surface area contributed by atoms with Crippen molar-refractivity contribution in [2.45, 2.75) is 24.5 Å². The van der Waals surface area contributed by atoms with E-state index in [2.05, 4.69) is 5.32 Å². The molecule has 0 aliphatic carbocycles. The third kappa shape index (κ3) is 5.73. The number of amides is 1. The van der Waals surface area contributed by atoms with Gasteiger partial charge in [0.1, 0.15) is 5.75 Å². The van der Waals surface area contributed by atoms with Crippen molar-refractivity contribution in [3.63, 3.8) is 0 Å². The van der Waals surface area contributed by atoms with Gasteiger partial charge in [-0.25, -0.2) is 8.42 Å². The monoisotopic (exact) mass is 422 g/mol. The number of benzene rings is 2. The molecule has 0 aromatic heterocycles. The molecule has 0 aliphatic heterocycles. The third-order valence-corrected chi connectivity index (χ3v) is 7.18. The Kier molecular flexibility index (Phi) is 8.35. The molecule has 0 saturated carbocycles. The van der Waals surface area contributed by atoms with E-state index in [1.807, 2.05) is 30.3 Å². The van der Waals surface area contributed by atoms with Crippen LogP contribution in [-0.2, 0) is 20.6 Å². The summed E-state index contributed by atoms with van der Waals surface area (Å²) in [6, 6.07) is 14.4. The minimum absolute atomic E-state index is 0.129. The lowest BCUT2D eigenvalue weighted by molar-refractivity contribution is -0.113. The molecule has 28 heavy (non-hydrogen) atoms. The molecule has 6 nitrogen and oxygen atoms in total. The van der Waals surface area contributed by atoms with Gasteiger partial charge in [-0.2, -0.15) is 4.31 Å². The zero-order valence-corrected chi connectivity index (χ0v) is 18.0. The van der Waals surface area contributed by atoms with Gasteiger partial charge >= 0.3 is 0 Å². The summed E-state index contributed by atoms with van der Waals surface area (Å²) in [5.41, 5.74) is 1.49. The minimum Gasteiger partial charge on any atom is -0.495 e. The summed E-state index contributed by atoms with van der Waals surface area (Å²) in [5.74, 6) is 1.18. The minimum atomic E-state index is -3.62. The van der Waals surface area contributed by atoms with Crippen LogP contribution < -0.4 is 10.1 Å². The lowest BCUT2D eigenvalue weighted by atomic mass is 10.2. The second kappa shape index (κ2) is 10.5. The van der Waals surface area contributed by atoms with Gasteiger partial charge in [0, 0.05) is 18.8 Å². The molecule has 2 rings (SSSR count). The normalized spacial score (nSPS) is 11.4. The van der Waals surface area contributed by atoms with Crippen LogP contribution in [0.5, 0.6) is 5.75 Å². The topological polar surface area (TPSA) is 75.7 Å². The van der Waals surface area contributed by atoms with Crippen LogP contribution in [0.2, 0.25) is 0 Å². The zero-order chi connectivity index (χ0) is 20.6. The van der Waals surface area contributed by atoms with Crippen LogP contribution in [0.3, 0.4) is 0 Å². The molecule has 0 heterocycles. The van der Waals surface area contributed by atoms with E-state index in [1.54, 1.807) is 19.9 Å². The number of thioether (sulfide) groups is 1. The van der Waals surface area contributed by atoms with Crippen LogP contribution in [0.25, 0.3) is 0 Å². The first kappa shape index (κ1) is 22.3. The van der Waals surface area contributed by atoms with Crippen LogP contribution in [0.4, 0.5) is 5.69 Å². The molecule has 0 bridgehead atoms. The van der Waals surface area contributed by atoms with Gasteiger partial charge in [0.05, 0.1) is 23.4 Å². The number of hydrogen-bond acceptors (Lipinski definition) is 5. The number of rotatable bonds is 10. The van der Waals surface area contributed by atoms with Crippen molar-refractivity contribution in [1.82, 2.24) is 4.31 Å². The first-order chi connectivity index (χ1) is 13.4. The van der Waals surface area contributed by atoms with Gasteiger partial charge in [0.2, 0.25) is 15.9 Å². The van der Waals surface area contributed by atoms with Crippen LogP contribution in [0.1, 0.15) is 19.4 Å². The van der Waals surface area contributed by atoms with Crippen LogP contribution >= 0.6 is 11.8 Å². The fourth-order valence-electron chi connectivity index (χ4n) is 2.68. The van der Waals surface area contributed by atoms with Gasteiger partial charge < -0.3 is 10.1 Å². The number of carbonyl (C=O) groups is 1. The first-order valence-electron chi connectivity index (χ1n) is 9.02. The first-order valence-corrected chi connectivity index (χ1v) is 11.6. The number of nitrogens with zero attached hydrogens (tertiary/aromatic N) is 1. The summed E-state index contributed by atoms with van der Waals surface area (Å²) < 4.78 is 32.1. The highest BCUT2D eigenvalue weighted by Gasteiger charge is 2.23. The number of ether oxygens (including phenoxy) is 1. The number of carbonyl (C=O) groups excluding carboxylic acids is 1. The van der Waals surface area contributed by atoms with Gasteiger partial charge in [0.25, 0.3) is 0 Å². The van der Waals surface area contributed by atoms with Gasteiger partial charge in [-0.15, -0.1) is 11.8 Å². The van der Waals surface area contributed by atoms with E-state index in [0.717, 1.165) is 11.3 Å². The Labute approximate surface area is 171 Å². The fourth-order valence-corrected chi connectivity index (χ4v) is 4.95. The van der Waals surface area contributed by atoms with Crippen molar-refractivity contribution in [3.05, 3.63) is 54.1 Å². The van der Waals surface area contributed by atoms with Crippen molar-refractivity contribution in [2.24, 2.45) is 0 Å². The van der Waals surface area contributed by atoms with E-state index < -0.39 is 10.0 Å². The molecule has 0 atom stereocenters. The summed E-state index contributed by atoms with van der Waals surface area (Å²) in [7, 11) is -2.14. The number of sulfonamides is 1. The van der Waals surface area contributed by atoms with E-state index in [-0.39, 0.29) is 16.6 Å². The predicted octanol–water partition coefficient (Wildman–Crippen LogP) is 3.60. The molecular weight excluding hydrogens is 396 g/mol. The summed E-state index contributed by atoms with van der Waals surface area (Å²) in [4.78, 5) is 12.5. The van der Waals surface area contributed by atoms with Crippen LogP contribution in [-0.4, -0.2) is 44.6 Å². The van der Waals surface area contributed by atoms with E-state index >= 15 is 0 Å². The standard InChI is InChI=1S/C20H26N2O4S2/c1-4-22(5-2)28(24,25)17-11-12-19(26-3)18(13-17)21-20(23)15-27-14-16-9-7-6-8-10-16/h6-13H,4-5,14-15H2,1-3H3,(H,21,23). The quantitative estimate of drug-likeness (QED) is 0.633. The maximum atomic E-state index is 12.7. The Hall–Kier alpha value is -2.03. The summed E-state index contributed by atoms with van der Waals surface area (Å²) in [6.45, 7) is 4.33. The smallest absolute Gasteiger partial charge is 0.243 e. The van der Waals surface area contributed by atoms with Crippen molar-refractivity contribution >= 4 is 33.4 Å². The second-order valence-electron chi connectivity index (χ2n) is 5.98. The van der Waals surface area contributed by atoms with Crippen molar-refractivity contribution < 1.29 is 17.9 Å². The Morgan fingerprint density at radius 1 is 1.11 bits per heavy atom. The van der Waals surface area contributed by atoms with Crippen molar-refractivity contribution in [3.8, 4) is 5.75 Å². The highest BCUT2D eigenvalue weighted by atomic mass is 32.2. The molecule has 0 saturated heterocycles. The molecule has 0 unspecified atom stereocenters. The summed E-state index contributed by atoms with van der Waals surface area (Å²) in [5, 5.41) is 2.77. The van der Waals surface area contributed by atoms with Crippen LogP contribution in [0.15, 0.2) is 53.4 Å². The largest absolute Gasteiger partial charge is 0.495 e. The second-order valence-corrected chi connectivity index (χ2v) is 8.90. The molecule has 0 fully saturated rings. The van der Waals surface area contributed by atoms with Crippen molar-refractivity contribution in [2.75, 3.05) is 31.3 Å². The Balaban J connectivity index is 2.10. The Morgan fingerprint density at radius 3 is 2.39 bits per heavy atom. The van der Waals surface area contributed by atoms with E-state index in [1.165, 1.54) is 35.3 Å². The molecule has 2 aromatic rings. The predicted molar refractivity (Wildman–Crippen MR) is 114 cm³/mol. The molecule has 0 aliphatic rings. The molecule has 0 spiro atoms. The molecular formula is C20H26N2O4S2. The maximum absolute atomic E-state index is 12.7. The average Bonchev–Trinajstić information content (AvgIpc) is 2.69. The van der Waals surface area contributed by atoms with E-state index in [4.69, 9.17) is 4.74 Å². The Morgan fingerprint density at radius 2 is 1.79 bits per heavy atom. The molecule has 152 valence electrons. The Bertz CT molecular complexity index is 882. The van der Waals surface area contributed by atoms with Crippen LogP contribution in [0, 0.1) is 0 Å². The molecule has 1 N–H and O–H groups in total. The van der Waals surface area contributed by atoms with E-state index in [0.29, 0.717) is 24.5 Å². The van der Waals surface area contributed by atoms with Gasteiger partial charge in [0.15, 0.2) is 0 Å². The van der Waals surface area contributed by atoms with Crippen molar-refractivity contribution in [1.29, 1.82) is 0 Å². The average molecular weight is 423 g/mol. The number of methoxy groups -OCH3 is 1. The highest BCUT2D eigenvalue weighted by Crippen LogP contribution is 2.29. The fraction of sp³-hybridized carbons (Fsp3) is 0.350. The summed E-state index contributed by atoms with van der Waals surface area (Å²) >= 11 is 1.49. The molecule has 8 heteroatoms. The summed E-state index contributed by atoms with van der Waals surface area (Å²) in [6.07, 6.45) is 0. The number of nitrogens with one attached hydrogen (secondary N) is 1. The lowest BCUT2D eigenvalue weighted by Crippen LogP contribution is -2.30. The number of anilines is 1. The SMILES string of the molecule is CCN(CC)S(=O)(=O)c1ccc(OC)c(NC(=O)CSCc2ccccc2)c1.